The number of hydrogen-bond acceptors (Lipinski definition) is 16. The number of carbonyl (C=O) groups is 2. The van der Waals surface area contributed by atoms with Crippen molar-refractivity contribution in [3.63, 3.8) is 0 Å². The molecule has 5 atom stereocenters. The molecule has 6 aliphatic rings. The molecule has 2 unspecified atom stereocenters. The highest BCUT2D eigenvalue weighted by Gasteiger charge is 2.42. The molecule has 2 amide bonds. The number of phenols is 1. The van der Waals surface area contributed by atoms with Crippen LogP contribution in [0.4, 0.5) is 23.0 Å². The number of nitrogens with two attached hydrogens (primary N) is 1. The Balaban J connectivity index is 0.641. The number of aryl methyl sites for hydroxylation is 1. The summed E-state index contributed by atoms with van der Waals surface area (Å²) in [5, 5.41) is 26.8. The van der Waals surface area contributed by atoms with Crippen molar-refractivity contribution in [1.29, 1.82) is 0 Å². The van der Waals surface area contributed by atoms with Gasteiger partial charge in [-0.1, -0.05) is 55.4 Å². The summed E-state index contributed by atoms with van der Waals surface area (Å²) >= 11 is 1.62. The van der Waals surface area contributed by atoms with E-state index in [2.05, 4.69) is 69.6 Å². The van der Waals surface area contributed by atoms with Gasteiger partial charge in [0.1, 0.15) is 23.8 Å². The fourth-order valence-electron chi connectivity index (χ4n) is 11.8. The second kappa shape index (κ2) is 21.2. The van der Waals surface area contributed by atoms with E-state index in [1.165, 1.54) is 0 Å². The van der Waals surface area contributed by atoms with Crippen LogP contribution < -0.4 is 30.5 Å². The molecule has 18 heteroatoms. The topological polar surface area (TPSA) is 201 Å². The number of pyridine rings is 1. The van der Waals surface area contributed by atoms with Gasteiger partial charge in [-0.2, -0.15) is 0 Å². The number of nitrogens with zero attached hydrogens (tertiary/aromatic N) is 9. The number of rotatable bonds is 15. The molecule has 9 heterocycles. The number of ether oxygens (including phenoxy) is 2. The van der Waals surface area contributed by atoms with Gasteiger partial charge >= 0.3 is 0 Å². The lowest BCUT2D eigenvalue weighted by Crippen LogP contribution is -2.57. The van der Waals surface area contributed by atoms with Gasteiger partial charge in [0.15, 0.2) is 17.4 Å². The minimum Gasteiger partial charge on any atom is -0.507 e. The molecule has 2 bridgehead atoms. The van der Waals surface area contributed by atoms with Crippen molar-refractivity contribution in [3.8, 4) is 33.3 Å². The molecular formula is C56H67N11O6S. The Bertz CT molecular complexity index is 2930. The molecule has 12 rings (SSSR count). The van der Waals surface area contributed by atoms with Crippen molar-refractivity contribution in [2.24, 2.45) is 5.92 Å². The summed E-state index contributed by atoms with van der Waals surface area (Å²) in [7, 11) is 0. The maximum Gasteiger partial charge on any atom is 0.243 e. The lowest BCUT2D eigenvalue weighted by Gasteiger charge is -2.46. The quantitative estimate of drug-likeness (QED) is 0.0881. The smallest absolute Gasteiger partial charge is 0.243 e. The molecule has 1 aliphatic carbocycles. The van der Waals surface area contributed by atoms with Crippen molar-refractivity contribution in [1.82, 2.24) is 35.5 Å². The van der Waals surface area contributed by atoms with E-state index < -0.39 is 12.0 Å². The summed E-state index contributed by atoms with van der Waals surface area (Å²) < 4.78 is 19.0. The number of benzene rings is 2. The number of amides is 2. The van der Waals surface area contributed by atoms with E-state index in [1.54, 1.807) is 28.4 Å². The molecule has 1 saturated carbocycles. The van der Waals surface area contributed by atoms with Crippen LogP contribution in [0.5, 0.6) is 11.6 Å². The Morgan fingerprint density at radius 2 is 1.62 bits per heavy atom. The summed E-state index contributed by atoms with van der Waals surface area (Å²) in [6.07, 6.45) is 10.1. The van der Waals surface area contributed by atoms with Crippen LogP contribution in [0, 0.1) is 12.8 Å². The average Bonchev–Trinajstić information content (AvgIpc) is 4.13. The second-order valence-corrected chi connectivity index (χ2v) is 22.0. The van der Waals surface area contributed by atoms with Crippen molar-refractivity contribution in [2.75, 3.05) is 53.2 Å². The fraction of sp³-hybridized carbons (Fsp3) is 0.482. The first-order valence-electron chi connectivity index (χ1n) is 26.5. The van der Waals surface area contributed by atoms with Crippen molar-refractivity contribution >= 4 is 46.2 Å². The zero-order valence-electron chi connectivity index (χ0n) is 42.7. The monoisotopic (exact) mass is 1020 g/mol. The minimum absolute atomic E-state index is 0.0425. The van der Waals surface area contributed by atoms with Gasteiger partial charge in [-0.15, -0.1) is 21.5 Å². The largest absolute Gasteiger partial charge is 0.507 e. The van der Waals surface area contributed by atoms with E-state index in [9.17, 15) is 14.7 Å². The molecule has 74 heavy (non-hydrogen) atoms. The molecular weight excluding hydrogens is 955 g/mol. The van der Waals surface area contributed by atoms with Gasteiger partial charge in [0.2, 0.25) is 17.7 Å². The van der Waals surface area contributed by atoms with Crippen molar-refractivity contribution in [3.05, 3.63) is 102 Å². The van der Waals surface area contributed by atoms with Crippen LogP contribution in [0.2, 0.25) is 0 Å². The van der Waals surface area contributed by atoms with Crippen LogP contribution in [0.15, 0.2) is 89.0 Å². The van der Waals surface area contributed by atoms with Crippen molar-refractivity contribution in [2.45, 2.75) is 134 Å². The predicted octanol–water partition coefficient (Wildman–Crippen LogP) is 8.70. The zero-order valence-corrected chi connectivity index (χ0v) is 43.5. The van der Waals surface area contributed by atoms with Crippen LogP contribution in [0.3, 0.4) is 0 Å². The number of aromatic nitrogens is 5. The highest BCUT2D eigenvalue weighted by atomic mass is 32.1. The SMILES string of the molecule is Cc1ncsc1-c1ccc([C@H](C)NC(=O)[C@@H]2CCCN2C(=O)[C@@H](c2cc(N3CCC(O[C@H]4C[C@H](Oc5cc(N6CC7CCCC6CN7c6cc(-c7ccccc7O)nnc6N)ccn5)C4)CC3)no2)C(C)C)cc1. The first-order valence-corrected chi connectivity index (χ1v) is 27.4. The standard InChI is InChI=1S/C56H67N11O6S/c1-33(2)52(56(70)65-22-8-12-46(65)55(69)60-34(3)36-14-16-37(17-15-36)53-35(4)59-32-74-53)49-29-50(63-73-49)64-23-19-41(20-24-64)71-42-26-43(27-42)72-51-25-38(18-21-58-51)66-30-40-10-7-9-39(66)31-67(40)47-28-45(61-62-54(47)57)44-11-5-6-13-48(44)68/h5-6,11,13-18,21,25,28-29,32-34,39-43,46,52,68H,7-10,12,19-20,22-24,26-27,30-31H2,1-4H3,(H2,57,62)(H,60,69)/t34-,39?,40?,42-,43-,46-,52+/m0/s1. The molecule has 2 aromatic carbocycles. The highest BCUT2D eigenvalue weighted by molar-refractivity contribution is 7.13. The van der Waals surface area contributed by atoms with E-state index in [0.717, 1.165) is 116 Å². The molecule has 0 spiro atoms. The normalized spacial score (nSPS) is 22.9. The number of para-hydroxylation sites is 1. The number of hydrogen-bond donors (Lipinski definition) is 3. The first kappa shape index (κ1) is 49.4. The molecule has 6 fully saturated rings. The summed E-state index contributed by atoms with van der Waals surface area (Å²) in [5.41, 5.74) is 14.6. The first-order chi connectivity index (χ1) is 35.9. The van der Waals surface area contributed by atoms with Crippen LogP contribution in [0.25, 0.3) is 21.7 Å². The average molecular weight is 1020 g/mol. The van der Waals surface area contributed by atoms with Crippen LogP contribution in [-0.4, -0.2) is 116 Å². The van der Waals surface area contributed by atoms with E-state index >= 15 is 0 Å². The molecule has 17 nitrogen and oxygen atoms in total. The third-order valence-electron chi connectivity index (χ3n) is 16.0. The number of aromatic hydroxyl groups is 1. The summed E-state index contributed by atoms with van der Waals surface area (Å²) in [5.74, 6) is 1.60. The van der Waals surface area contributed by atoms with Crippen molar-refractivity contribution < 1.29 is 28.7 Å². The molecule has 4 aromatic heterocycles. The minimum atomic E-state index is -0.559. The zero-order chi connectivity index (χ0) is 51.0. The Morgan fingerprint density at radius 1 is 0.851 bits per heavy atom. The van der Waals surface area contributed by atoms with Crippen LogP contribution in [0.1, 0.15) is 108 Å². The van der Waals surface area contributed by atoms with E-state index in [0.29, 0.717) is 41.7 Å². The van der Waals surface area contributed by atoms with Gasteiger partial charge in [-0.3, -0.25) is 9.59 Å². The lowest BCUT2D eigenvalue weighted by molar-refractivity contribution is -0.141. The number of thiazole rings is 1. The number of piperidine rings is 1. The maximum absolute atomic E-state index is 14.3. The maximum atomic E-state index is 14.3. The molecule has 0 radical (unpaired) electrons. The number of nitrogen functional groups attached to an aromatic ring is 1. The highest BCUT2D eigenvalue weighted by Crippen LogP contribution is 2.40. The van der Waals surface area contributed by atoms with E-state index in [1.807, 2.05) is 75.8 Å². The van der Waals surface area contributed by atoms with Gasteiger partial charge in [0.25, 0.3) is 0 Å². The Labute approximate surface area is 436 Å². The third kappa shape index (κ3) is 10.2. The molecule has 388 valence electrons. The summed E-state index contributed by atoms with van der Waals surface area (Å²) in [4.78, 5) is 47.1. The van der Waals surface area contributed by atoms with Gasteiger partial charge in [-0.25, -0.2) is 9.97 Å². The number of fused-ring (bicyclic) bond motifs is 4. The Kier molecular flexibility index (Phi) is 14.2. The molecule has 6 aromatic rings. The lowest BCUT2D eigenvalue weighted by atomic mass is 9.91. The molecule has 5 aliphatic heterocycles. The van der Waals surface area contributed by atoms with Gasteiger partial charge < -0.3 is 49.8 Å². The van der Waals surface area contributed by atoms with Crippen LogP contribution >= 0.6 is 11.3 Å². The number of likely N-dealkylation sites (tertiary alicyclic amines) is 1. The third-order valence-corrected chi connectivity index (χ3v) is 17.0. The number of nitrogens with one attached hydrogen (secondary N) is 1. The van der Waals surface area contributed by atoms with E-state index in [-0.39, 0.29) is 59.9 Å². The van der Waals surface area contributed by atoms with Gasteiger partial charge in [0, 0.05) is 87.2 Å². The Morgan fingerprint density at radius 3 is 2.38 bits per heavy atom. The predicted molar refractivity (Wildman–Crippen MR) is 285 cm³/mol. The number of phenolic OH excluding ortho intramolecular Hbond substituents is 1. The Hall–Kier alpha value is -6.79. The number of anilines is 4. The van der Waals surface area contributed by atoms with E-state index in [4.69, 9.17) is 19.7 Å². The second-order valence-electron chi connectivity index (χ2n) is 21.2. The summed E-state index contributed by atoms with van der Waals surface area (Å²) in [6.45, 7) is 11.7. The number of piperazine rings is 1. The van der Waals surface area contributed by atoms with Gasteiger partial charge in [-0.05, 0) is 100 Å². The summed E-state index contributed by atoms with van der Waals surface area (Å²) in [6, 6.07) is 23.2. The van der Waals surface area contributed by atoms with Crippen LogP contribution in [-0.2, 0) is 14.3 Å². The fourth-order valence-corrected chi connectivity index (χ4v) is 12.6. The molecule has 5 saturated heterocycles. The number of carbonyl (C=O) groups excluding carboxylic acids is 2. The molecule has 4 N–H and O–H groups in total. The van der Waals surface area contributed by atoms with Gasteiger partial charge in [0.05, 0.1) is 45.7 Å².